The molecule has 271 valence electrons. The summed E-state index contributed by atoms with van der Waals surface area (Å²) in [5.74, 6) is -0.780. The van der Waals surface area contributed by atoms with Gasteiger partial charge in [-0.2, -0.15) is 0 Å². The van der Waals surface area contributed by atoms with Crippen molar-refractivity contribution < 1.29 is 137 Å². The van der Waals surface area contributed by atoms with Crippen LogP contribution < -0.4 is 59.1 Å². The first-order chi connectivity index (χ1) is 20.9. The minimum Gasteiger partial charge on any atom is -0.748 e. The molecule has 0 heterocycles. The van der Waals surface area contributed by atoms with Crippen LogP contribution in [0.3, 0.4) is 0 Å². The Morgan fingerprint density at radius 3 is 1.04 bits per heavy atom. The zero-order valence-electron chi connectivity index (χ0n) is 30.4. The molecule has 15 heteroatoms. The van der Waals surface area contributed by atoms with E-state index in [-0.39, 0.29) is 130 Å². The van der Waals surface area contributed by atoms with E-state index in [4.69, 9.17) is 18.9 Å². The van der Waals surface area contributed by atoms with Gasteiger partial charge in [0.05, 0.1) is 20.2 Å². The van der Waals surface area contributed by atoms with E-state index in [0.717, 1.165) is 12.8 Å². The molecule has 0 bridgehead atoms. The van der Waals surface area contributed by atoms with E-state index in [0.29, 0.717) is 26.4 Å². The molecule has 0 aliphatic rings. The molecule has 0 aromatic rings. The molecule has 0 rings (SSSR count). The number of hydrogen-bond acceptors (Lipinski definition) is 10. The van der Waals surface area contributed by atoms with Crippen LogP contribution in [-0.4, -0.2) is 89.3 Å². The van der Waals surface area contributed by atoms with Crippen molar-refractivity contribution in [1.82, 2.24) is 0 Å². The molecule has 0 saturated heterocycles. The fraction of sp³-hybridized carbons (Fsp3) is 0.938. The SMILES string of the molecule is [CH2-]C(COCCCCCCCCCC)OCCCS(=O)(=O)[O-].[CH2-]C(COCCCCCCCCCC)OCCCS(=O)(=O)[O-].[Na+].[Na+].[Y]. The van der Waals surface area contributed by atoms with Crippen molar-refractivity contribution in [2.24, 2.45) is 0 Å². The Bertz CT molecular complexity index is 744. The van der Waals surface area contributed by atoms with Crippen molar-refractivity contribution >= 4 is 20.2 Å². The third kappa shape index (κ3) is 58.3. The molecule has 47 heavy (non-hydrogen) atoms. The van der Waals surface area contributed by atoms with Gasteiger partial charge in [0.25, 0.3) is 0 Å². The van der Waals surface area contributed by atoms with Crippen LogP contribution >= 0.6 is 0 Å². The maximum Gasteiger partial charge on any atom is 1.00 e. The second kappa shape index (κ2) is 43.2. The van der Waals surface area contributed by atoms with Gasteiger partial charge >= 0.3 is 59.1 Å². The first-order valence-corrected chi connectivity index (χ1v) is 20.0. The van der Waals surface area contributed by atoms with E-state index >= 15 is 0 Å². The maximum atomic E-state index is 10.4. The van der Waals surface area contributed by atoms with Gasteiger partial charge in [0.15, 0.2) is 0 Å². The predicted molar refractivity (Wildman–Crippen MR) is 175 cm³/mol. The van der Waals surface area contributed by atoms with Gasteiger partial charge in [0.1, 0.15) is 0 Å². The topological polar surface area (TPSA) is 151 Å². The van der Waals surface area contributed by atoms with Crippen LogP contribution in [0.2, 0.25) is 0 Å². The van der Waals surface area contributed by atoms with Crippen LogP contribution in [0, 0.1) is 13.8 Å². The molecule has 2 unspecified atom stereocenters. The van der Waals surface area contributed by atoms with Gasteiger partial charge in [0, 0.05) is 83.9 Å². The molecule has 0 aliphatic heterocycles. The Morgan fingerprint density at radius 2 is 0.766 bits per heavy atom. The van der Waals surface area contributed by atoms with Gasteiger partial charge < -0.3 is 41.9 Å². The van der Waals surface area contributed by atoms with Crippen LogP contribution in [0.1, 0.15) is 129 Å². The Balaban J connectivity index is -0.000000235. The van der Waals surface area contributed by atoms with E-state index in [2.05, 4.69) is 27.7 Å². The van der Waals surface area contributed by atoms with E-state index < -0.39 is 31.7 Å². The van der Waals surface area contributed by atoms with Crippen molar-refractivity contribution in [2.75, 3.05) is 51.1 Å². The number of ether oxygens (including phenoxy) is 4. The number of hydrogen-bond donors (Lipinski definition) is 0. The third-order valence-corrected chi connectivity index (χ3v) is 8.25. The fourth-order valence-electron chi connectivity index (χ4n) is 4.17. The average Bonchev–Trinajstić information content (AvgIpc) is 2.95. The molecular formula is C32H64Na2O10S2Y-2. The van der Waals surface area contributed by atoms with Crippen molar-refractivity contribution in [3.05, 3.63) is 13.8 Å². The van der Waals surface area contributed by atoms with E-state index in [1.54, 1.807) is 0 Å². The van der Waals surface area contributed by atoms with Crippen LogP contribution in [0.5, 0.6) is 0 Å². The molecule has 0 aromatic heterocycles. The Hall–Kier alpha value is 2.76. The monoisotopic (exact) mass is 807 g/mol. The Morgan fingerprint density at radius 1 is 0.489 bits per heavy atom. The number of unbranched alkanes of at least 4 members (excludes halogenated alkanes) is 14. The summed E-state index contributed by atoms with van der Waals surface area (Å²) in [6.07, 6.45) is 20.0. The summed E-state index contributed by atoms with van der Waals surface area (Å²) in [6, 6.07) is 0. The molecule has 10 nitrogen and oxygen atoms in total. The van der Waals surface area contributed by atoms with Crippen LogP contribution in [0.15, 0.2) is 0 Å². The third-order valence-electron chi connectivity index (χ3n) is 6.68. The predicted octanol–water partition coefficient (Wildman–Crippen LogP) is 0.602. The molecular weight excluding hydrogens is 743 g/mol. The molecule has 0 aromatic carbocycles. The van der Waals surface area contributed by atoms with E-state index in [1.165, 1.54) is 89.9 Å². The fourth-order valence-corrected chi connectivity index (χ4v) is 5.12. The normalized spacial score (nSPS) is 12.6. The summed E-state index contributed by atoms with van der Waals surface area (Å²) in [6.45, 7) is 14.7. The molecule has 0 N–H and O–H groups in total. The quantitative estimate of drug-likeness (QED) is 0.0410. The Kier molecular flexibility index (Phi) is 54.2. The largest absolute Gasteiger partial charge is 1.00 e. The van der Waals surface area contributed by atoms with Gasteiger partial charge in [-0.1, -0.05) is 104 Å². The summed E-state index contributed by atoms with van der Waals surface area (Å²) in [7, 11) is -8.28. The molecule has 0 aliphatic carbocycles. The summed E-state index contributed by atoms with van der Waals surface area (Å²) in [5, 5.41) is 0. The first-order valence-electron chi connectivity index (χ1n) is 16.8. The molecule has 2 atom stereocenters. The zero-order valence-corrected chi connectivity index (χ0v) is 38.9. The van der Waals surface area contributed by atoms with Crippen molar-refractivity contribution in [1.29, 1.82) is 0 Å². The molecule has 0 spiro atoms. The van der Waals surface area contributed by atoms with Crippen molar-refractivity contribution in [2.45, 2.75) is 142 Å². The summed E-state index contributed by atoms with van der Waals surface area (Å²) < 4.78 is 83.9. The molecule has 0 saturated carbocycles. The van der Waals surface area contributed by atoms with Crippen molar-refractivity contribution in [3.63, 3.8) is 0 Å². The van der Waals surface area contributed by atoms with Gasteiger partial charge in [-0.05, 0) is 37.9 Å². The number of rotatable bonds is 32. The van der Waals surface area contributed by atoms with Crippen LogP contribution in [-0.2, 0) is 71.9 Å². The summed E-state index contributed by atoms with van der Waals surface area (Å²) in [4.78, 5) is 0. The maximum absolute atomic E-state index is 10.4. The smallest absolute Gasteiger partial charge is 0.748 e. The standard InChI is InChI=1S/2C16H33O5S.2Na.Y/c2*1-3-4-5-6-7-8-9-10-12-20-15-16(2)21-13-11-14-22(17,18)19;;;/h2*16H,2-15H2,1H3,(H,17,18,19);;;/q2*-1;2*+1;/p-2. The van der Waals surface area contributed by atoms with Crippen molar-refractivity contribution in [3.8, 4) is 0 Å². The first kappa shape index (κ1) is 59.1. The van der Waals surface area contributed by atoms with Gasteiger partial charge in [-0.25, -0.2) is 16.8 Å². The summed E-state index contributed by atoms with van der Waals surface area (Å²) >= 11 is 0. The van der Waals surface area contributed by atoms with Crippen LogP contribution in [0.25, 0.3) is 0 Å². The second-order valence-electron chi connectivity index (χ2n) is 11.3. The molecule has 1 radical (unpaired) electrons. The average molecular weight is 808 g/mol. The second-order valence-corrected chi connectivity index (χ2v) is 14.4. The zero-order chi connectivity index (χ0) is 33.4. The molecule has 0 fully saturated rings. The summed E-state index contributed by atoms with van der Waals surface area (Å²) in [5.41, 5.74) is 0. The minimum atomic E-state index is -4.14. The van der Waals surface area contributed by atoms with Gasteiger partial charge in [-0.15, -0.1) is 0 Å². The minimum absolute atomic E-state index is 0. The van der Waals surface area contributed by atoms with Crippen LogP contribution in [0.4, 0.5) is 0 Å². The van der Waals surface area contributed by atoms with E-state index in [1.807, 2.05) is 0 Å². The van der Waals surface area contributed by atoms with Gasteiger partial charge in [-0.3, -0.25) is 0 Å². The molecule has 0 amide bonds. The van der Waals surface area contributed by atoms with E-state index in [9.17, 15) is 25.9 Å². The van der Waals surface area contributed by atoms with Gasteiger partial charge in [0.2, 0.25) is 0 Å². The Labute approximate surface area is 359 Å².